The van der Waals surface area contributed by atoms with Crippen molar-refractivity contribution in [3.63, 3.8) is 0 Å². The van der Waals surface area contributed by atoms with Crippen molar-refractivity contribution in [1.82, 2.24) is 9.97 Å². The van der Waals surface area contributed by atoms with Crippen molar-refractivity contribution in [1.29, 1.82) is 0 Å². The monoisotopic (exact) mass is 288 g/mol. The van der Waals surface area contributed by atoms with Crippen LogP contribution in [0.5, 0.6) is 0 Å². The van der Waals surface area contributed by atoms with Gasteiger partial charge in [-0.15, -0.1) is 11.3 Å². The fourth-order valence-corrected chi connectivity index (χ4v) is 2.74. The molecule has 2 N–H and O–H groups in total. The molecular weight excluding hydrogens is 272 g/mol. The number of aromatic nitrogens is 2. The Morgan fingerprint density at radius 2 is 2.10 bits per heavy atom. The lowest BCUT2D eigenvalue weighted by Crippen LogP contribution is -2.06. The molecule has 0 aliphatic rings. The van der Waals surface area contributed by atoms with E-state index in [4.69, 9.17) is 4.42 Å². The first kappa shape index (κ1) is 12.9. The molecule has 3 aromatic heterocycles. The first-order valence-corrected chi connectivity index (χ1v) is 7.42. The zero-order chi connectivity index (χ0) is 13.9. The van der Waals surface area contributed by atoms with Crippen molar-refractivity contribution in [3.8, 4) is 0 Å². The highest BCUT2D eigenvalue weighted by Crippen LogP contribution is 2.26. The number of fused-ring (bicyclic) bond motifs is 1. The van der Waals surface area contributed by atoms with Crippen molar-refractivity contribution in [2.24, 2.45) is 0 Å². The summed E-state index contributed by atoms with van der Waals surface area (Å²) in [4.78, 5) is 9.97. The second-order valence-electron chi connectivity index (χ2n) is 4.43. The molecule has 20 heavy (non-hydrogen) atoms. The molecule has 0 radical (unpaired) electrons. The first-order chi connectivity index (χ1) is 9.76. The molecule has 0 fully saturated rings. The molecule has 0 saturated heterocycles. The Kier molecular flexibility index (Phi) is 3.56. The van der Waals surface area contributed by atoms with Crippen LogP contribution in [0.3, 0.4) is 0 Å². The first-order valence-electron chi connectivity index (χ1n) is 6.54. The van der Waals surface area contributed by atoms with Gasteiger partial charge < -0.3 is 15.1 Å². The molecule has 0 aliphatic carbocycles. The summed E-state index contributed by atoms with van der Waals surface area (Å²) < 4.78 is 5.56. The summed E-state index contributed by atoms with van der Waals surface area (Å²) in [6.07, 6.45) is 0. The Hall–Kier alpha value is -2.08. The van der Waals surface area contributed by atoms with Gasteiger partial charge in [0.1, 0.15) is 22.2 Å². The molecule has 3 aromatic rings. The van der Waals surface area contributed by atoms with Crippen LogP contribution in [0, 0.1) is 6.92 Å². The summed E-state index contributed by atoms with van der Waals surface area (Å²) in [5.74, 6) is 3.30. The van der Waals surface area contributed by atoms with Crippen LogP contribution in [0.25, 0.3) is 10.2 Å². The SMILES string of the molecule is CCNc1nc(NCc2ccc(C)o2)c2ccsc2n1. The highest BCUT2D eigenvalue weighted by molar-refractivity contribution is 7.16. The molecule has 3 rings (SSSR count). The summed E-state index contributed by atoms with van der Waals surface area (Å²) in [6, 6.07) is 5.96. The maximum atomic E-state index is 5.56. The summed E-state index contributed by atoms with van der Waals surface area (Å²) in [6.45, 7) is 5.38. The van der Waals surface area contributed by atoms with Gasteiger partial charge in [-0.3, -0.25) is 0 Å². The van der Waals surface area contributed by atoms with Gasteiger partial charge in [0.25, 0.3) is 0 Å². The van der Waals surface area contributed by atoms with Crippen molar-refractivity contribution < 1.29 is 4.42 Å². The van der Waals surface area contributed by atoms with E-state index in [0.29, 0.717) is 12.5 Å². The predicted molar refractivity (Wildman–Crippen MR) is 82.4 cm³/mol. The predicted octanol–water partition coefficient (Wildman–Crippen LogP) is 3.64. The summed E-state index contributed by atoms with van der Waals surface area (Å²) >= 11 is 1.61. The number of hydrogen-bond acceptors (Lipinski definition) is 6. The number of hydrogen-bond donors (Lipinski definition) is 2. The van der Waals surface area contributed by atoms with Gasteiger partial charge in [-0.1, -0.05) is 0 Å². The molecule has 3 heterocycles. The molecule has 0 unspecified atom stereocenters. The lowest BCUT2D eigenvalue weighted by molar-refractivity contribution is 0.490. The summed E-state index contributed by atoms with van der Waals surface area (Å²) in [5, 5.41) is 9.54. The molecule has 0 aliphatic heterocycles. The van der Waals surface area contributed by atoms with E-state index in [2.05, 4.69) is 20.6 Å². The number of nitrogens with zero attached hydrogens (tertiary/aromatic N) is 2. The van der Waals surface area contributed by atoms with Crippen molar-refractivity contribution in [2.75, 3.05) is 17.2 Å². The maximum absolute atomic E-state index is 5.56. The summed E-state index contributed by atoms with van der Waals surface area (Å²) in [7, 11) is 0. The average molecular weight is 288 g/mol. The second-order valence-corrected chi connectivity index (χ2v) is 5.33. The van der Waals surface area contributed by atoms with Gasteiger partial charge in [-0.05, 0) is 37.4 Å². The standard InChI is InChI=1S/C14H16N4OS/c1-3-15-14-17-12(11-6-7-20-13(11)18-14)16-8-10-5-4-9(2)19-10/h4-7H,3,8H2,1-2H3,(H2,15,16,17,18). The largest absolute Gasteiger partial charge is 0.465 e. The summed E-state index contributed by atoms with van der Waals surface area (Å²) in [5.41, 5.74) is 0. The van der Waals surface area contributed by atoms with Crippen molar-refractivity contribution in [2.45, 2.75) is 20.4 Å². The number of aryl methyl sites for hydroxylation is 1. The molecule has 6 heteroatoms. The minimum Gasteiger partial charge on any atom is -0.465 e. The third-order valence-corrected chi connectivity index (χ3v) is 3.69. The smallest absolute Gasteiger partial charge is 0.226 e. The number of nitrogens with one attached hydrogen (secondary N) is 2. The minimum atomic E-state index is 0.612. The Morgan fingerprint density at radius 3 is 2.85 bits per heavy atom. The number of thiophene rings is 1. The fourth-order valence-electron chi connectivity index (χ4n) is 1.98. The van der Waals surface area contributed by atoms with Crippen LogP contribution >= 0.6 is 11.3 Å². The minimum absolute atomic E-state index is 0.612. The van der Waals surface area contributed by atoms with Crippen LogP contribution < -0.4 is 10.6 Å². The van der Waals surface area contributed by atoms with E-state index in [9.17, 15) is 0 Å². The number of furan rings is 1. The Labute approximate surface area is 121 Å². The van der Waals surface area contributed by atoms with Crippen LogP contribution in [-0.4, -0.2) is 16.5 Å². The average Bonchev–Trinajstić information content (AvgIpc) is 3.05. The van der Waals surface area contributed by atoms with Gasteiger partial charge in [-0.2, -0.15) is 4.98 Å². The lowest BCUT2D eigenvalue weighted by Gasteiger charge is -2.08. The van der Waals surface area contributed by atoms with Gasteiger partial charge >= 0.3 is 0 Å². The van der Waals surface area contributed by atoms with Gasteiger partial charge in [0.15, 0.2) is 0 Å². The molecule has 0 amide bonds. The molecule has 104 valence electrons. The van der Waals surface area contributed by atoms with Crippen molar-refractivity contribution >= 4 is 33.3 Å². The van der Waals surface area contributed by atoms with Gasteiger partial charge in [-0.25, -0.2) is 4.98 Å². The third kappa shape index (κ3) is 2.60. The quantitative estimate of drug-likeness (QED) is 0.750. The lowest BCUT2D eigenvalue weighted by atomic mass is 10.3. The zero-order valence-corrected chi connectivity index (χ0v) is 12.3. The third-order valence-electron chi connectivity index (χ3n) is 2.89. The van der Waals surface area contributed by atoms with Crippen molar-refractivity contribution in [3.05, 3.63) is 35.1 Å². The van der Waals surface area contributed by atoms with Crippen LogP contribution in [0.15, 0.2) is 28.0 Å². The van der Waals surface area contributed by atoms with Gasteiger partial charge in [0.2, 0.25) is 5.95 Å². The molecule has 0 spiro atoms. The normalized spacial score (nSPS) is 10.9. The molecule has 0 atom stereocenters. The Morgan fingerprint density at radius 1 is 1.20 bits per heavy atom. The van der Waals surface area contributed by atoms with E-state index < -0.39 is 0 Å². The topological polar surface area (TPSA) is 63.0 Å². The van der Waals surface area contributed by atoms with E-state index in [0.717, 1.165) is 34.1 Å². The van der Waals surface area contributed by atoms with E-state index in [-0.39, 0.29) is 0 Å². The highest BCUT2D eigenvalue weighted by atomic mass is 32.1. The van der Waals surface area contributed by atoms with E-state index in [1.165, 1.54) is 0 Å². The van der Waals surface area contributed by atoms with Crippen LogP contribution in [0.2, 0.25) is 0 Å². The highest BCUT2D eigenvalue weighted by Gasteiger charge is 2.09. The number of anilines is 2. The van der Waals surface area contributed by atoms with Crippen LogP contribution in [0.1, 0.15) is 18.4 Å². The molecular formula is C14H16N4OS. The second kappa shape index (κ2) is 5.50. The zero-order valence-electron chi connectivity index (χ0n) is 11.4. The Balaban J connectivity index is 1.87. The van der Waals surface area contributed by atoms with E-state index in [1.807, 2.05) is 37.4 Å². The van der Waals surface area contributed by atoms with E-state index in [1.54, 1.807) is 11.3 Å². The molecule has 0 aromatic carbocycles. The molecule has 5 nitrogen and oxygen atoms in total. The maximum Gasteiger partial charge on any atom is 0.226 e. The van der Waals surface area contributed by atoms with Crippen LogP contribution in [0.4, 0.5) is 11.8 Å². The van der Waals surface area contributed by atoms with Gasteiger partial charge in [0.05, 0.1) is 11.9 Å². The van der Waals surface area contributed by atoms with Gasteiger partial charge in [0, 0.05) is 6.54 Å². The molecule has 0 bridgehead atoms. The fraction of sp³-hybridized carbons (Fsp3) is 0.286. The van der Waals surface area contributed by atoms with Crippen LogP contribution in [-0.2, 0) is 6.54 Å². The van der Waals surface area contributed by atoms with E-state index >= 15 is 0 Å². The Bertz CT molecular complexity index is 719. The number of rotatable bonds is 5. The molecule has 0 saturated carbocycles.